The van der Waals surface area contributed by atoms with Gasteiger partial charge in [0, 0.05) is 12.1 Å². The number of fused-ring (bicyclic) bond motifs is 1. The second kappa shape index (κ2) is 4.72. The van der Waals surface area contributed by atoms with E-state index in [0.29, 0.717) is 12.8 Å². The highest BCUT2D eigenvalue weighted by Crippen LogP contribution is 2.19. The third kappa shape index (κ3) is 2.42. The Hall–Kier alpha value is -2.36. The van der Waals surface area contributed by atoms with Crippen molar-refractivity contribution in [1.29, 1.82) is 0 Å². The van der Waals surface area contributed by atoms with E-state index in [2.05, 4.69) is 10.6 Å². The zero-order chi connectivity index (χ0) is 13.2. The molecule has 1 atom stereocenters. The van der Waals surface area contributed by atoms with E-state index in [1.807, 2.05) is 42.5 Å². The van der Waals surface area contributed by atoms with Gasteiger partial charge in [-0.05, 0) is 29.3 Å². The molecule has 2 N–H and O–H groups in total. The standard InChI is InChI=1S/C15H14N2O2/c18-14-8-7-13(17-14)15(19)16-12-6-5-10-3-1-2-4-11(10)9-12/h1-6,9,13H,7-8H2,(H,16,19)(H,17,18)/t13-/m0/s1. The lowest BCUT2D eigenvalue weighted by Gasteiger charge is -2.11. The number of anilines is 1. The van der Waals surface area contributed by atoms with E-state index in [1.165, 1.54) is 0 Å². The minimum Gasteiger partial charge on any atom is -0.344 e. The molecule has 2 amide bonds. The summed E-state index contributed by atoms with van der Waals surface area (Å²) in [6, 6.07) is 13.3. The number of hydrogen-bond donors (Lipinski definition) is 2. The summed E-state index contributed by atoms with van der Waals surface area (Å²) in [5.41, 5.74) is 0.754. The summed E-state index contributed by atoms with van der Waals surface area (Å²) in [5.74, 6) is -0.209. The molecule has 0 spiro atoms. The quantitative estimate of drug-likeness (QED) is 0.861. The second-order valence-corrected chi connectivity index (χ2v) is 4.71. The highest BCUT2D eigenvalue weighted by molar-refractivity contribution is 6.00. The first-order valence-corrected chi connectivity index (χ1v) is 6.31. The molecule has 0 aromatic heterocycles. The maximum atomic E-state index is 12.0. The van der Waals surface area contributed by atoms with Crippen LogP contribution in [0.5, 0.6) is 0 Å². The van der Waals surface area contributed by atoms with Crippen LogP contribution in [0.3, 0.4) is 0 Å². The SMILES string of the molecule is O=C1CC[C@@H](C(=O)Nc2ccc3ccccc3c2)N1. The summed E-state index contributed by atoms with van der Waals surface area (Å²) < 4.78 is 0. The topological polar surface area (TPSA) is 58.2 Å². The van der Waals surface area contributed by atoms with Crippen molar-refractivity contribution in [3.63, 3.8) is 0 Å². The Balaban J connectivity index is 1.77. The van der Waals surface area contributed by atoms with E-state index in [1.54, 1.807) is 0 Å². The average molecular weight is 254 g/mol. The molecule has 96 valence electrons. The van der Waals surface area contributed by atoms with Crippen LogP contribution in [-0.4, -0.2) is 17.9 Å². The largest absolute Gasteiger partial charge is 0.344 e. The number of nitrogens with one attached hydrogen (secondary N) is 2. The summed E-state index contributed by atoms with van der Waals surface area (Å²) in [4.78, 5) is 23.1. The van der Waals surface area contributed by atoms with Crippen molar-refractivity contribution in [2.75, 3.05) is 5.32 Å². The number of carbonyl (C=O) groups excluding carboxylic acids is 2. The van der Waals surface area contributed by atoms with Gasteiger partial charge in [-0.25, -0.2) is 0 Å². The first-order valence-electron chi connectivity index (χ1n) is 6.31. The van der Waals surface area contributed by atoms with Crippen molar-refractivity contribution in [2.24, 2.45) is 0 Å². The third-order valence-corrected chi connectivity index (χ3v) is 3.33. The molecule has 1 aliphatic heterocycles. The molecule has 1 fully saturated rings. The molecule has 4 heteroatoms. The minimum absolute atomic E-state index is 0.0568. The average Bonchev–Trinajstić information content (AvgIpc) is 2.85. The van der Waals surface area contributed by atoms with E-state index in [4.69, 9.17) is 0 Å². The second-order valence-electron chi connectivity index (χ2n) is 4.71. The molecular formula is C15H14N2O2. The maximum absolute atomic E-state index is 12.0. The predicted molar refractivity (Wildman–Crippen MR) is 73.7 cm³/mol. The van der Waals surface area contributed by atoms with Gasteiger partial charge in [0.05, 0.1) is 0 Å². The number of rotatable bonds is 2. The third-order valence-electron chi connectivity index (χ3n) is 3.33. The monoisotopic (exact) mass is 254 g/mol. The molecular weight excluding hydrogens is 240 g/mol. The van der Waals surface area contributed by atoms with Gasteiger partial charge in [0.15, 0.2) is 0 Å². The van der Waals surface area contributed by atoms with E-state index in [-0.39, 0.29) is 11.8 Å². The van der Waals surface area contributed by atoms with Gasteiger partial charge in [-0.15, -0.1) is 0 Å². The summed E-state index contributed by atoms with van der Waals surface area (Å²) in [6.07, 6.45) is 0.994. The van der Waals surface area contributed by atoms with Crippen molar-refractivity contribution in [3.8, 4) is 0 Å². The lowest BCUT2D eigenvalue weighted by molar-refractivity contribution is -0.122. The fourth-order valence-electron chi connectivity index (χ4n) is 2.31. The molecule has 0 bridgehead atoms. The number of amides is 2. The Morgan fingerprint density at radius 1 is 1.16 bits per heavy atom. The van der Waals surface area contributed by atoms with Gasteiger partial charge in [0.2, 0.25) is 11.8 Å². The summed E-state index contributed by atoms with van der Waals surface area (Å²) >= 11 is 0. The zero-order valence-corrected chi connectivity index (χ0v) is 10.3. The van der Waals surface area contributed by atoms with Crippen LogP contribution in [0.2, 0.25) is 0 Å². The first kappa shape index (κ1) is 11.7. The van der Waals surface area contributed by atoms with Crippen molar-refractivity contribution in [1.82, 2.24) is 5.32 Å². The fourth-order valence-corrected chi connectivity index (χ4v) is 2.31. The number of benzene rings is 2. The van der Waals surface area contributed by atoms with Crippen LogP contribution in [0.1, 0.15) is 12.8 Å². The Labute approximate surface area is 110 Å². The van der Waals surface area contributed by atoms with Gasteiger partial charge >= 0.3 is 0 Å². The summed E-state index contributed by atoms with van der Waals surface area (Å²) in [7, 11) is 0. The van der Waals surface area contributed by atoms with Crippen molar-refractivity contribution in [2.45, 2.75) is 18.9 Å². The molecule has 0 saturated carbocycles. The molecule has 2 aromatic rings. The van der Waals surface area contributed by atoms with Gasteiger partial charge in [-0.1, -0.05) is 30.3 Å². The minimum atomic E-state index is -0.404. The van der Waals surface area contributed by atoms with Crippen molar-refractivity contribution >= 4 is 28.3 Å². The zero-order valence-electron chi connectivity index (χ0n) is 10.3. The van der Waals surface area contributed by atoms with Crippen LogP contribution in [-0.2, 0) is 9.59 Å². The summed E-state index contributed by atoms with van der Waals surface area (Å²) in [5, 5.41) is 7.72. The number of carbonyl (C=O) groups is 2. The smallest absolute Gasteiger partial charge is 0.246 e. The molecule has 19 heavy (non-hydrogen) atoms. The lowest BCUT2D eigenvalue weighted by atomic mass is 10.1. The van der Waals surface area contributed by atoms with Gasteiger partial charge in [0.1, 0.15) is 6.04 Å². The van der Waals surface area contributed by atoms with Crippen molar-refractivity contribution in [3.05, 3.63) is 42.5 Å². The van der Waals surface area contributed by atoms with E-state index >= 15 is 0 Å². The first-order chi connectivity index (χ1) is 9.22. The predicted octanol–water partition coefficient (Wildman–Crippen LogP) is 2.06. The van der Waals surface area contributed by atoms with Crippen LogP contribution in [0.15, 0.2) is 42.5 Å². The molecule has 0 unspecified atom stereocenters. The molecule has 4 nitrogen and oxygen atoms in total. The molecule has 1 heterocycles. The Morgan fingerprint density at radius 3 is 2.68 bits per heavy atom. The molecule has 0 aliphatic carbocycles. The Bertz CT molecular complexity index is 651. The van der Waals surface area contributed by atoms with Crippen LogP contribution < -0.4 is 10.6 Å². The maximum Gasteiger partial charge on any atom is 0.246 e. The molecule has 1 aliphatic rings. The fraction of sp³-hybridized carbons (Fsp3) is 0.200. The summed E-state index contributed by atoms with van der Waals surface area (Å²) in [6.45, 7) is 0. The van der Waals surface area contributed by atoms with Crippen LogP contribution in [0.25, 0.3) is 10.8 Å². The molecule has 2 aromatic carbocycles. The highest BCUT2D eigenvalue weighted by Gasteiger charge is 2.27. The molecule has 0 radical (unpaired) electrons. The van der Waals surface area contributed by atoms with Crippen LogP contribution >= 0.6 is 0 Å². The number of hydrogen-bond acceptors (Lipinski definition) is 2. The molecule has 3 rings (SSSR count). The molecule has 1 saturated heterocycles. The van der Waals surface area contributed by atoms with Crippen LogP contribution in [0, 0.1) is 0 Å². The van der Waals surface area contributed by atoms with Gasteiger partial charge in [0.25, 0.3) is 0 Å². The van der Waals surface area contributed by atoms with Gasteiger partial charge < -0.3 is 10.6 Å². The van der Waals surface area contributed by atoms with E-state index in [0.717, 1.165) is 16.5 Å². The Kier molecular flexibility index (Phi) is 2.91. The Morgan fingerprint density at radius 2 is 1.95 bits per heavy atom. The highest BCUT2D eigenvalue weighted by atomic mass is 16.2. The van der Waals surface area contributed by atoms with Gasteiger partial charge in [-0.3, -0.25) is 9.59 Å². The van der Waals surface area contributed by atoms with E-state index in [9.17, 15) is 9.59 Å². The van der Waals surface area contributed by atoms with E-state index < -0.39 is 6.04 Å². The van der Waals surface area contributed by atoms with Gasteiger partial charge in [-0.2, -0.15) is 0 Å². The van der Waals surface area contributed by atoms with Crippen LogP contribution in [0.4, 0.5) is 5.69 Å². The normalized spacial score (nSPS) is 18.3. The lowest BCUT2D eigenvalue weighted by Crippen LogP contribution is -2.37. The van der Waals surface area contributed by atoms with Crippen molar-refractivity contribution < 1.29 is 9.59 Å².